The van der Waals surface area contributed by atoms with Crippen LogP contribution in [0, 0.1) is 18.2 Å². The first kappa shape index (κ1) is 20.1. The molecule has 0 aliphatic rings. The number of thioether (sulfide) groups is 1. The molecule has 1 rings (SSSR count). The molecule has 0 aliphatic heterocycles. The molecule has 21 heavy (non-hydrogen) atoms. The van der Waals surface area contributed by atoms with E-state index in [0.717, 1.165) is 23.8 Å². The average Bonchev–Trinajstić information content (AvgIpc) is 2.46. The molecule has 0 radical (unpaired) electrons. The number of guanidine groups is 1. The Kier molecular flexibility index (Phi) is 12.2. The van der Waals surface area contributed by atoms with Gasteiger partial charge in [0.25, 0.3) is 0 Å². The van der Waals surface area contributed by atoms with Crippen LogP contribution in [0.3, 0.4) is 0 Å². The molecule has 0 aliphatic carbocycles. The molecular weight excluding hydrogens is 400 g/mol. The van der Waals surface area contributed by atoms with Crippen LogP contribution in [-0.4, -0.2) is 31.3 Å². The Morgan fingerprint density at radius 2 is 2.14 bits per heavy atom. The lowest BCUT2D eigenvalue weighted by atomic mass is 10.2. The monoisotopic (exact) mass is 421 g/mol. The molecule has 3 nitrogen and oxygen atoms in total. The van der Waals surface area contributed by atoms with Crippen LogP contribution >= 0.6 is 35.7 Å². The lowest BCUT2D eigenvalue weighted by Crippen LogP contribution is -2.37. The van der Waals surface area contributed by atoms with Crippen LogP contribution in [0.5, 0.6) is 0 Å². The van der Waals surface area contributed by atoms with Crippen molar-refractivity contribution < 1.29 is 4.39 Å². The molecule has 6 heteroatoms. The van der Waals surface area contributed by atoms with Crippen LogP contribution in [0.1, 0.15) is 12.5 Å². The number of benzene rings is 1. The van der Waals surface area contributed by atoms with Gasteiger partial charge >= 0.3 is 0 Å². The van der Waals surface area contributed by atoms with Gasteiger partial charge in [-0.2, -0.15) is 11.8 Å². The van der Waals surface area contributed by atoms with Gasteiger partial charge in [-0.3, -0.25) is 4.99 Å². The Hall–Kier alpha value is -0.940. The molecule has 116 valence electrons. The number of hydrogen-bond donors (Lipinski definition) is 2. The lowest BCUT2D eigenvalue weighted by Gasteiger charge is -2.08. The predicted molar refractivity (Wildman–Crippen MR) is 101 cm³/mol. The molecule has 2 N–H and O–H groups in total. The van der Waals surface area contributed by atoms with Gasteiger partial charge in [0.15, 0.2) is 5.96 Å². The van der Waals surface area contributed by atoms with Crippen molar-refractivity contribution in [2.45, 2.75) is 12.7 Å². The van der Waals surface area contributed by atoms with Crippen molar-refractivity contribution in [2.75, 3.05) is 25.4 Å². The van der Waals surface area contributed by atoms with Crippen LogP contribution in [0.4, 0.5) is 4.39 Å². The van der Waals surface area contributed by atoms with Crippen molar-refractivity contribution in [3.8, 4) is 12.3 Å². The minimum atomic E-state index is -0.146. The van der Waals surface area contributed by atoms with Gasteiger partial charge < -0.3 is 10.6 Å². The average molecular weight is 421 g/mol. The smallest absolute Gasteiger partial charge is 0.192 e. The van der Waals surface area contributed by atoms with E-state index in [4.69, 9.17) is 6.42 Å². The zero-order valence-corrected chi connectivity index (χ0v) is 15.2. The second-order valence-corrected chi connectivity index (χ2v) is 5.07. The molecular formula is C15H21FIN3S. The molecule has 0 saturated heterocycles. The molecule has 0 amide bonds. The molecule has 0 heterocycles. The second kappa shape index (κ2) is 12.8. The van der Waals surface area contributed by atoms with E-state index in [9.17, 15) is 4.39 Å². The van der Waals surface area contributed by atoms with Gasteiger partial charge in [0.2, 0.25) is 0 Å². The molecule has 1 aromatic carbocycles. The number of rotatable bonds is 7. The Labute approximate surface area is 147 Å². The second-order valence-electron chi connectivity index (χ2n) is 3.96. The first-order valence-electron chi connectivity index (χ1n) is 6.54. The summed E-state index contributed by atoms with van der Waals surface area (Å²) in [6.45, 7) is 3.91. The Morgan fingerprint density at radius 3 is 2.81 bits per heavy atom. The standard InChI is InChI=1S/C15H20FN3S.HI/c1-3-9-18-15(17-4-2)19-10-11-20-12-13-7-5-6-8-14(13)16;/h1,5-8H,4,9-12H2,2H3,(H2,17,18,19);1H. The third kappa shape index (κ3) is 8.83. The Morgan fingerprint density at radius 1 is 1.38 bits per heavy atom. The van der Waals surface area contributed by atoms with Crippen molar-refractivity contribution in [3.63, 3.8) is 0 Å². The molecule has 1 aromatic rings. The third-order valence-corrected chi connectivity index (χ3v) is 3.41. The fourth-order valence-electron chi connectivity index (χ4n) is 1.50. The molecule has 0 fully saturated rings. The summed E-state index contributed by atoms with van der Waals surface area (Å²) < 4.78 is 13.4. The van der Waals surface area contributed by atoms with Gasteiger partial charge in [-0.1, -0.05) is 24.1 Å². The van der Waals surface area contributed by atoms with Crippen LogP contribution in [-0.2, 0) is 5.75 Å². The number of aliphatic imine (C=N–C) groups is 1. The van der Waals surface area contributed by atoms with Crippen LogP contribution < -0.4 is 10.6 Å². The van der Waals surface area contributed by atoms with Gasteiger partial charge in [-0.25, -0.2) is 4.39 Å². The number of halogens is 2. The van der Waals surface area contributed by atoms with Crippen molar-refractivity contribution in [1.82, 2.24) is 10.6 Å². The zero-order chi connectivity index (χ0) is 14.6. The fourth-order valence-corrected chi connectivity index (χ4v) is 2.31. The summed E-state index contributed by atoms with van der Waals surface area (Å²) in [5, 5.41) is 6.13. The topological polar surface area (TPSA) is 36.4 Å². The molecule has 0 spiro atoms. The van der Waals surface area contributed by atoms with Crippen molar-refractivity contribution >= 4 is 41.7 Å². The van der Waals surface area contributed by atoms with Gasteiger partial charge in [-0.15, -0.1) is 30.4 Å². The summed E-state index contributed by atoms with van der Waals surface area (Å²) in [6.07, 6.45) is 5.19. The van der Waals surface area contributed by atoms with E-state index in [1.54, 1.807) is 17.8 Å². The highest BCUT2D eigenvalue weighted by atomic mass is 127. The molecule has 0 saturated carbocycles. The summed E-state index contributed by atoms with van der Waals surface area (Å²) in [6, 6.07) is 6.85. The van der Waals surface area contributed by atoms with Crippen molar-refractivity contribution in [3.05, 3.63) is 35.6 Å². The molecule has 0 unspecified atom stereocenters. The highest BCUT2D eigenvalue weighted by molar-refractivity contribution is 14.0. The normalized spacial score (nSPS) is 10.4. The summed E-state index contributed by atoms with van der Waals surface area (Å²) in [4.78, 5) is 4.39. The zero-order valence-electron chi connectivity index (χ0n) is 12.1. The van der Waals surface area contributed by atoms with Gasteiger partial charge in [-0.05, 0) is 18.6 Å². The predicted octanol–water partition coefficient (Wildman–Crippen LogP) is 2.87. The fraction of sp³-hybridized carbons (Fsp3) is 0.400. The minimum Gasteiger partial charge on any atom is -0.357 e. The van der Waals surface area contributed by atoms with E-state index in [-0.39, 0.29) is 29.8 Å². The number of hydrogen-bond acceptors (Lipinski definition) is 2. The first-order valence-corrected chi connectivity index (χ1v) is 7.70. The number of terminal acetylenes is 1. The van der Waals surface area contributed by atoms with E-state index >= 15 is 0 Å². The van der Waals surface area contributed by atoms with E-state index < -0.39 is 0 Å². The number of nitrogens with one attached hydrogen (secondary N) is 2. The van der Waals surface area contributed by atoms with E-state index in [1.807, 2.05) is 19.1 Å². The summed E-state index contributed by atoms with van der Waals surface area (Å²) in [5.74, 6) is 4.58. The number of nitrogens with zero attached hydrogens (tertiary/aromatic N) is 1. The van der Waals surface area contributed by atoms with E-state index in [1.165, 1.54) is 6.07 Å². The van der Waals surface area contributed by atoms with E-state index in [0.29, 0.717) is 18.8 Å². The minimum absolute atomic E-state index is 0. The van der Waals surface area contributed by atoms with Crippen molar-refractivity contribution in [1.29, 1.82) is 0 Å². The summed E-state index contributed by atoms with van der Waals surface area (Å²) in [7, 11) is 0. The highest BCUT2D eigenvalue weighted by Gasteiger charge is 2.00. The van der Waals surface area contributed by atoms with Crippen molar-refractivity contribution in [2.24, 2.45) is 4.99 Å². The molecule has 0 bridgehead atoms. The maximum absolute atomic E-state index is 13.4. The van der Waals surface area contributed by atoms with Gasteiger partial charge in [0.05, 0.1) is 13.1 Å². The molecule has 0 aromatic heterocycles. The highest BCUT2D eigenvalue weighted by Crippen LogP contribution is 2.14. The van der Waals surface area contributed by atoms with Gasteiger partial charge in [0.1, 0.15) is 5.82 Å². The van der Waals surface area contributed by atoms with E-state index in [2.05, 4.69) is 21.5 Å². The quantitative estimate of drug-likeness (QED) is 0.234. The third-order valence-electron chi connectivity index (χ3n) is 2.42. The summed E-state index contributed by atoms with van der Waals surface area (Å²) >= 11 is 1.66. The van der Waals surface area contributed by atoms with Crippen LogP contribution in [0.2, 0.25) is 0 Å². The maximum atomic E-state index is 13.4. The Bertz CT molecular complexity index is 474. The maximum Gasteiger partial charge on any atom is 0.192 e. The SMILES string of the molecule is C#CCNC(=NCCSCc1ccccc1F)NCC.I. The lowest BCUT2D eigenvalue weighted by molar-refractivity contribution is 0.617. The van der Waals surface area contributed by atoms with Gasteiger partial charge in [0, 0.05) is 18.1 Å². The largest absolute Gasteiger partial charge is 0.357 e. The first-order chi connectivity index (χ1) is 9.77. The molecule has 0 atom stereocenters. The summed E-state index contributed by atoms with van der Waals surface area (Å²) in [5.41, 5.74) is 0.735. The van der Waals surface area contributed by atoms with Crippen LogP contribution in [0.25, 0.3) is 0 Å². The Balaban J connectivity index is 0.00000400. The van der Waals surface area contributed by atoms with Crippen LogP contribution in [0.15, 0.2) is 29.3 Å².